The number of para-hydroxylation sites is 1. The quantitative estimate of drug-likeness (QED) is 0.744. The molecule has 0 aliphatic rings. The van der Waals surface area contributed by atoms with Gasteiger partial charge >= 0.3 is 0 Å². The van der Waals surface area contributed by atoms with E-state index in [9.17, 15) is 8.42 Å². The van der Waals surface area contributed by atoms with Crippen LogP contribution >= 0.6 is 27.7 Å². The Balaban J connectivity index is 2.16. The number of rotatable bonds is 6. The molecule has 0 saturated heterocycles. The highest BCUT2D eigenvalue weighted by Crippen LogP contribution is 2.27. The molecule has 0 aliphatic carbocycles. The maximum atomic E-state index is 12.3. The minimum absolute atomic E-state index is 0.0363. The Morgan fingerprint density at radius 2 is 1.76 bits per heavy atom. The lowest BCUT2D eigenvalue weighted by molar-refractivity contribution is 0.600. The van der Waals surface area contributed by atoms with Crippen molar-refractivity contribution in [1.29, 1.82) is 0 Å². The van der Waals surface area contributed by atoms with Crippen LogP contribution in [-0.2, 0) is 15.8 Å². The van der Waals surface area contributed by atoms with Gasteiger partial charge in [-0.25, -0.2) is 8.42 Å². The SMILES string of the molecule is CCSc1ccccc1NS(=O)(=O)Cc1ccc(Br)cc1. The minimum atomic E-state index is -3.42. The Hall–Kier alpha value is -0.980. The van der Waals surface area contributed by atoms with Crippen LogP contribution in [0.15, 0.2) is 57.9 Å². The first-order chi connectivity index (χ1) is 10.00. The molecule has 6 heteroatoms. The van der Waals surface area contributed by atoms with Gasteiger partial charge in [0.05, 0.1) is 11.4 Å². The van der Waals surface area contributed by atoms with Crippen molar-refractivity contribution in [2.75, 3.05) is 10.5 Å². The first-order valence-corrected chi connectivity index (χ1v) is 9.90. The zero-order valence-corrected chi connectivity index (χ0v) is 14.8. The van der Waals surface area contributed by atoms with E-state index in [1.54, 1.807) is 30.0 Å². The minimum Gasteiger partial charge on any atom is -0.282 e. The molecule has 1 N–H and O–H groups in total. The van der Waals surface area contributed by atoms with Crippen molar-refractivity contribution < 1.29 is 8.42 Å². The molecule has 0 amide bonds. The maximum Gasteiger partial charge on any atom is 0.236 e. The molecule has 21 heavy (non-hydrogen) atoms. The second kappa shape index (κ2) is 7.33. The highest BCUT2D eigenvalue weighted by Gasteiger charge is 2.13. The van der Waals surface area contributed by atoms with Crippen molar-refractivity contribution in [3.63, 3.8) is 0 Å². The van der Waals surface area contributed by atoms with Crippen molar-refractivity contribution >= 4 is 43.4 Å². The molecule has 0 fully saturated rings. The number of anilines is 1. The van der Waals surface area contributed by atoms with E-state index < -0.39 is 10.0 Å². The van der Waals surface area contributed by atoms with Crippen LogP contribution in [0.3, 0.4) is 0 Å². The van der Waals surface area contributed by atoms with Gasteiger partial charge in [-0.2, -0.15) is 0 Å². The monoisotopic (exact) mass is 385 g/mol. The number of nitrogens with one attached hydrogen (secondary N) is 1. The lowest BCUT2D eigenvalue weighted by Gasteiger charge is -2.12. The van der Waals surface area contributed by atoms with E-state index in [0.29, 0.717) is 5.69 Å². The number of halogens is 1. The summed E-state index contributed by atoms with van der Waals surface area (Å²) in [6.45, 7) is 2.04. The van der Waals surface area contributed by atoms with Gasteiger partial charge < -0.3 is 0 Å². The molecule has 0 spiro atoms. The molecule has 0 heterocycles. The van der Waals surface area contributed by atoms with Gasteiger partial charge in [0, 0.05) is 9.37 Å². The van der Waals surface area contributed by atoms with Crippen LogP contribution in [0.5, 0.6) is 0 Å². The Morgan fingerprint density at radius 3 is 2.43 bits per heavy atom. The van der Waals surface area contributed by atoms with E-state index >= 15 is 0 Å². The van der Waals surface area contributed by atoms with Crippen molar-refractivity contribution in [3.8, 4) is 0 Å². The van der Waals surface area contributed by atoms with Crippen LogP contribution in [0, 0.1) is 0 Å². The van der Waals surface area contributed by atoms with Gasteiger partial charge in [-0.05, 0) is 35.6 Å². The molecule has 0 atom stereocenters. The molecule has 0 bridgehead atoms. The van der Waals surface area contributed by atoms with Crippen LogP contribution in [0.4, 0.5) is 5.69 Å². The second-order valence-electron chi connectivity index (χ2n) is 4.42. The lowest BCUT2D eigenvalue weighted by atomic mass is 10.2. The Bertz CT molecular complexity index is 700. The van der Waals surface area contributed by atoms with Gasteiger partial charge in [0.25, 0.3) is 0 Å². The summed E-state index contributed by atoms with van der Waals surface area (Å²) in [6, 6.07) is 14.7. The summed E-state index contributed by atoms with van der Waals surface area (Å²) in [5, 5.41) is 0. The normalized spacial score (nSPS) is 11.3. The van der Waals surface area contributed by atoms with Crippen molar-refractivity contribution in [3.05, 3.63) is 58.6 Å². The molecule has 0 aliphatic heterocycles. The first-order valence-electron chi connectivity index (χ1n) is 6.47. The van der Waals surface area contributed by atoms with Crippen LogP contribution in [0.2, 0.25) is 0 Å². The average molecular weight is 386 g/mol. The van der Waals surface area contributed by atoms with Gasteiger partial charge in [-0.1, -0.05) is 47.1 Å². The van der Waals surface area contributed by atoms with E-state index in [1.807, 2.05) is 37.3 Å². The van der Waals surface area contributed by atoms with E-state index in [4.69, 9.17) is 0 Å². The molecular formula is C15H16BrNO2S2. The molecule has 112 valence electrons. The standard InChI is InChI=1S/C15H16BrNO2S2/c1-2-20-15-6-4-3-5-14(15)17-21(18,19)11-12-7-9-13(16)10-8-12/h3-10,17H,2,11H2,1H3. The molecule has 0 radical (unpaired) electrons. The number of thioether (sulfide) groups is 1. The molecule has 0 saturated carbocycles. The summed E-state index contributed by atoms with van der Waals surface area (Å²) in [7, 11) is -3.42. The fraction of sp³-hybridized carbons (Fsp3) is 0.200. The maximum absolute atomic E-state index is 12.3. The third kappa shape index (κ3) is 5.05. The predicted molar refractivity (Wildman–Crippen MR) is 93.2 cm³/mol. The van der Waals surface area contributed by atoms with Crippen molar-refractivity contribution in [1.82, 2.24) is 0 Å². The van der Waals surface area contributed by atoms with Gasteiger partial charge in [-0.3, -0.25) is 4.72 Å². The topological polar surface area (TPSA) is 46.2 Å². The third-order valence-electron chi connectivity index (χ3n) is 2.72. The molecule has 2 aromatic carbocycles. The van der Waals surface area contributed by atoms with E-state index in [2.05, 4.69) is 20.7 Å². The number of sulfonamides is 1. The number of hydrogen-bond acceptors (Lipinski definition) is 3. The van der Waals surface area contributed by atoms with Crippen molar-refractivity contribution in [2.45, 2.75) is 17.6 Å². The average Bonchev–Trinajstić information content (AvgIpc) is 2.43. The summed E-state index contributed by atoms with van der Waals surface area (Å²) in [4.78, 5) is 0.944. The summed E-state index contributed by atoms with van der Waals surface area (Å²) >= 11 is 4.96. The highest BCUT2D eigenvalue weighted by atomic mass is 79.9. The fourth-order valence-electron chi connectivity index (χ4n) is 1.84. The van der Waals surface area contributed by atoms with E-state index in [0.717, 1.165) is 20.7 Å². The fourth-order valence-corrected chi connectivity index (χ4v) is 4.14. The summed E-state index contributed by atoms with van der Waals surface area (Å²) in [5.41, 5.74) is 1.40. The van der Waals surface area contributed by atoms with Crippen molar-refractivity contribution in [2.24, 2.45) is 0 Å². The van der Waals surface area contributed by atoms with Gasteiger partial charge in [0.2, 0.25) is 10.0 Å². The van der Waals surface area contributed by atoms with Gasteiger partial charge in [-0.15, -0.1) is 11.8 Å². The summed E-state index contributed by atoms with van der Waals surface area (Å²) < 4.78 is 28.2. The number of benzene rings is 2. The molecule has 3 nitrogen and oxygen atoms in total. The number of hydrogen-bond donors (Lipinski definition) is 1. The third-order valence-corrected chi connectivity index (χ3v) is 5.45. The molecule has 0 aromatic heterocycles. The zero-order chi connectivity index (χ0) is 15.3. The highest BCUT2D eigenvalue weighted by molar-refractivity contribution is 9.10. The van der Waals surface area contributed by atoms with E-state index in [1.165, 1.54) is 0 Å². The van der Waals surface area contributed by atoms with Crippen LogP contribution < -0.4 is 4.72 Å². The molecule has 2 aromatic rings. The zero-order valence-electron chi connectivity index (χ0n) is 11.5. The smallest absolute Gasteiger partial charge is 0.236 e. The Kier molecular flexibility index (Phi) is 5.72. The first kappa shape index (κ1) is 16.4. The lowest BCUT2D eigenvalue weighted by Crippen LogP contribution is -2.15. The Morgan fingerprint density at radius 1 is 1.10 bits per heavy atom. The Labute approximate surface area is 138 Å². The molecule has 0 unspecified atom stereocenters. The van der Waals surface area contributed by atoms with Crippen LogP contribution in [0.1, 0.15) is 12.5 Å². The van der Waals surface area contributed by atoms with Gasteiger partial charge in [0.1, 0.15) is 0 Å². The van der Waals surface area contributed by atoms with E-state index in [-0.39, 0.29) is 5.75 Å². The molecule has 2 rings (SSSR count). The summed E-state index contributed by atoms with van der Waals surface area (Å²) in [6.07, 6.45) is 0. The summed E-state index contributed by atoms with van der Waals surface area (Å²) in [5.74, 6) is 0.858. The van der Waals surface area contributed by atoms with Gasteiger partial charge in [0.15, 0.2) is 0 Å². The van der Waals surface area contributed by atoms with Crippen LogP contribution in [0.25, 0.3) is 0 Å². The van der Waals surface area contributed by atoms with Crippen LogP contribution in [-0.4, -0.2) is 14.2 Å². The predicted octanol–water partition coefficient (Wildman–Crippen LogP) is 4.50. The molecular weight excluding hydrogens is 370 g/mol. The second-order valence-corrected chi connectivity index (χ2v) is 8.36. The largest absolute Gasteiger partial charge is 0.282 e.